The summed E-state index contributed by atoms with van der Waals surface area (Å²) in [6, 6.07) is 20.4. The lowest BCUT2D eigenvalue weighted by atomic mass is 9.91. The zero-order valence-corrected chi connectivity index (χ0v) is 17.4. The molecular weight excluding hydrogens is 482 g/mol. The minimum Gasteiger partial charge on any atom is -0.0619 e. The van der Waals surface area contributed by atoms with Gasteiger partial charge in [0.1, 0.15) is 4.43 Å². The number of halogens is 2. The van der Waals surface area contributed by atoms with Crippen molar-refractivity contribution in [1.29, 1.82) is 0 Å². The van der Waals surface area contributed by atoms with Crippen LogP contribution in [-0.4, -0.2) is 4.43 Å². The molecule has 2 aromatic rings. The number of rotatable bonds is 6. The van der Waals surface area contributed by atoms with Gasteiger partial charge in [-0.05, 0) is 54.7 Å². The second-order valence-electron chi connectivity index (χ2n) is 6.31. The van der Waals surface area contributed by atoms with E-state index in [1.807, 2.05) is 0 Å². The summed E-state index contributed by atoms with van der Waals surface area (Å²) in [5.74, 6) is 0. The Morgan fingerprint density at radius 2 is 1.33 bits per heavy atom. The van der Waals surface area contributed by atoms with E-state index in [2.05, 4.69) is 75.4 Å². The van der Waals surface area contributed by atoms with E-state index in [1.165, 1.54) is 24.4 Å². The average molecular weight is 506 g/mol. The Balaban J connectivity index is 1.79. The second-order valence-corrected chi connectivity index (χ2v) is 12.4. The minimum absolute atomic E-state index is 0.00447. The van der Waals surface area contributed by atoms with E-state index in [9.17, 15) is 0 Å². The third kappa shape index (κ3) is 7.13. The van der Waals surface area contributed by atoms with Gasteiger partial charge >= 0.3 is 42.4 Å². The molecule has 2 rings (SSSR count). The summed E-state index contributed by atoms with van der Waals surface area (Å²) in [7, 11) is 0. The molecule has 0 N–H and O–H groups in total. The first-order valence-electron chi connectivity index (χ1n) is 7.42. The van der Waals surface area contributed by atoms with E-state index < -0.39 is 0 Å². The van der Waals surface area contributed by atoms with Crippen molar-refractivity contribution in [1.82, 2.24) is 0 Å². The average Bonchev–Trinajstić information content (AvgIpc) is 2.45. The molecular formula is C19H24I2+2. The molecule has 0 aromatic heterocycles. The highest BCUT2D eigenvalue weighted by Crippen LogP contribution is 2.19. The summed E-state index contributed by atoms with van der Waals surface area (Å²) >= 11 is 0.207. The van der Waals surface area contributed by atoms with Crippen LogP contribution >= 0.6 is 0 Å². The van der Waals surface area contributed by atoms with Crippen LogP contribution < -0.4 is 42.4 Å². The van der Waals surface area contributed by atoms with E-state index in [0.717, 1.165) is 0 Å². The van der Waals surface area contributed by atoms with Crippen molar-refractivity contribution in [2.24, 2.45) is 5.41 Å². The highest BCUT2D eigenvalue weighted by atomic mass is 127. The molecule has 0 nitrogen and oxygen atoms in total. The smallest absolute Gasteiger partial charge is 0.0619 e. The van der Waals surface area contributed by atoms with Gasteiger partial charge in [0, 0.05) is 0 Å². The summed E-state index contributed by atoms with van der Waals surface area (Å²) in [4.78, 5) is 0. The maximum atomic E-state index is 2.38. The van der Waals surface area contributed by atoms with Crippen LogP contribution in [0.25, 0.3) is 0 Å². The third-order valence-corrected chi connectivity index (χ3v) is 8.65. The van der Waals surface area contributed by atoms with Crippen molar-refractivity contribution in [2.45, 2.75) is 33.6 Å². The molecule has 0 fully saturated rings. The SMILES string of the molecule is CC(C)(C)CCC[I+]c1ccc([I+]c2ccccc2)cc1. The molecule has 2 heteroatoms. The van der Waals surface area contributed by atoms with Crippen LogP contribution in [0.5, 0.6) is 0 Å². The second kappa shape index (κ2) is 8.51. The van der Waals surface area contributed by atoms with Crippen LogP contribution in [-0.2, 0) is 0 Å². The lowest BCUT2D eigenvalue weighted by Crippen LogP contribution is -3.63. The van der Waals surface area contributed by atoms with Crippen LogP contribution in [0.4, 0.5) is 0 Å². The van der Waals surface area contributed by atoms with Gasteiger partial charge in [-0.3, -0.25) is 0 Å². The fourth-order valence-electron chi connectivity index (χ4n) is 1.96. The van der Waals surface area contributed by atoms with Crippen LogP contribution in [0.3, 0.4) is 0 Å². The lowest BCUT2D eigenvalue weighted by molar-refractivity contribution is -0.628. The van der Waals surface area contributed by atoms with Crippen LogP contribution in [0.2, 0.25) is 0 Å². The molecule has 0 amide bonds. The molecule has 0 aliphatic rings. The fourth-order valence-corrected chi connectivity index (χ4v) is 6.43. The predicted molar refractivity (Wildman–Crippen MR) is 82.5 cm³/mol. The topological polar surface area (TPSA) is 0 Å². The normalized spacial score (nSPS) is 11.6. The van der Waals surface area contributed by atoms with E-state index in [1.54, 1.807) is 3.57 Å². The molecule has 0 aliphatic carbocycles. The molecule has 0 bridgehead atoms. The molecule has 0 unspecified atom stereocenters. The number of benzene rings is 2. The molecule has 0 saturated carbocycles. The molecule has 21 heavy (non-hydrogen) atoms. The van der Waals surface area contributed by atoms with Gasteiger partial charge in [-0.2, -0.15) is 0 Å². The molecule has 0 aliphatic heterocycles. The predicted octanol–water partition coefficient (Wildman–Crippen LogP) is -1.10. The first kappa shape index (κ1) is 17.3. The summed E-state index contributed by atoms with van der Waals surface area (Å²) in [6.07, 6.45) is 2.74. The highest BCUT2D eigenvalue weighted by Gasteiger charge is 2.18. The number of alkyl halides is 1. The monoisotopic (exact) mass is 506 g/mol. The Kier molecular flexibility index (Phi) is 6.99. The zero-order chi connectivity index (χ0) is 15.1. The Morgan fingerprint density at radius 1 is 0.762 bits per heavy atom. The van der Waals surface area contributed by atoms with E-state index in [0.29, 0.717) is 5.41 Å². The number of hydrogen-bond acceptors (Lipinski definition) is 0. The van der Waals surface area contributed by atoms with Crippen molar-refractivity contribution in [3.05, 3.63) is 65.3 Å². The molecule has 0 heterocycles. The van der Waals surface area contributed by atoms with E-state index >= 15 is 0 Å². The molecule has 112 valence electrons. The fraction of sp³-hybridized carbons (Fsp3) is 0.368. The van der Waals surface area contributed by atoms with Gasteiger partial charge < -0.3 is 0 Å². The highest BCUT2D eigenvalue weighted by molar-refractivity contribution is 5.02. The quantitative estimate of drug-likeness (QED) is 0.266. The first-order valence-corrected chi connectivity index (χ1v) is 12.2. The summed E-state index contributed by atoms with van der Waals surface area (Å²) < 4.78 is 6.05. The van der Waals surface area contributed by atoms with Gasteiger partial charge in [-0.15, -0.1) is 0 Å². The summed E-state index contributed by atoms with van der Waals surface area (Å²) in [6.45, 7) is 7.02. The van der Waals surface area contributed by atoms with Gasteiger partial charge in [-0.1, -0.05) is 39.0 Å². The van der Waals surface area contributed by atoms with Crippen molar-refractivity contribution in [3.8, 4) is 0 Å². The Hall–Kier alpha value is -0.100. The Bertz CT molecular complexity index is 524. The van der Waals surface area contributed by atoms with Gasteiger partial charge in [0.2, 0.25) is 0 Å². The van der Waals surface area contributed by atoms with E-state index in [-0.39, 0.29) is 42.4 Å². The van der Waals surface area contributed by atoms with Crippen LogP contribution in [0, 0.1) is 16.1 Å². The van der Waals surface area contributed by atoms with Gasteiger partial charge in [-0.25, -0.2) is 0 Å². The van der Waals surface area contributed by atoms with Crippen molar-refractivity contribution in [3.63, 3.8) is 0 Å². The minimum atomic E-state index is -0.00447. The van der Waals surface area contributed by atoms with Crippen LogP contribution in [0.1, 0.15) is 33.6 Å². The third-order valence-electron chi connectivity index (χ3n) is 3.06. The maximum Gasteiger partial charge on any atom is 0.357 e. The first-order chi connectivity index (χ1) is 10.0. The molecule has 2 aromatic carbocycles. The molecule has 0 atom stereocenters. The molecule has 0 spiro atoms. The van der Waals surface area contributed by atoms with Crippen molar-refractivity contribution < 1.29 is 42.4 Å². The lowest BCUT2D eigenvalue weighted by Gasteiger charge is -2.15. The Morgan fingerprint density at radius 3 is 1.95 bits per heavy atom. The van der Waals surface area contributed by atoms with Gasteiger partial charge in [0.15, 0.2) is 10.7 Å². The van der Waals surface area contributed by atoms with Crippen molar-refractivity contribution >= 4 is 0 Å². The summed E-state index contributed by atoms with van der Waals surface area (Å²) in [5.41, 5.74) is 0.494. The Labute approximate surface area is 150 Å². The standard InChI is InChI=1S/C19H24I2/c1-19(2,3)14-7-15-20-16-10-12-18(13-11-16)21-17-8-5-4-6-9-17/h4-6,8-13H,7,14-15H2,1-3H3/q+2. The zero-order valence-electron chi connectivity index (χ0n) is 13.1. The van der Waals surface area contributed by atoms with Crippen LogP contribution in [0.15, 0.2) is 54.6 Å². The molecule has 0 radical (unpaired) electrons. The largest absolute Gasteiger partial charge is 0.357 e. The maximum absolute atomic E-state index is 2.38. The van der Waals surface area contributed by atoms with Gasteiger partial charge in [0.25, 0.3) is 0 Å². The van der Waals surface area contributed by atoms with E-state index in [4.69, 9.17) is 0 Å². The summed E-state index contributed by atoms with van der Waals surface area (Å²) in [5, 5.41) is 0. The molecule has 0 saturated heterocycles. The van der Waals surface area contributed by atoms with Crippen molar-refractivity contribution in [2.75, 3.05) is 4.43 Å². The number of hydrogen-bond donors (Lipinski definition) is 0. The van der Waals surface area contributed by atoms with Gasteiger partial charge in [0.05, 0.1) is 0 Å².